The summed E-state index contributed by atoms with van der Waals surface area (Å²) < 4.78 is 28.7. The third-order valence-electron chi connectivity index (χ3n) is 7.37. The average Bonchev–Trinajstić information content (AvgIpc) is 3.41. The smallest absolute Gasteiger partial charge is 0.229 e. The molecule has 1 aliphatic carbocycles. The number of nitrogens with zero attached hydrogens (tertiary/aromatic N) is 4. The van der Waals surface area contributed by atoms with E-state index >= 15 is 0 Å². The first-order chi connectivity index (χ1) is 15.2. The lowest BCUT2D eigenvalue weighted by molar-refractivity contribution is -0.144. The Labute approximate surface area is 189 Å². The van der Waals surface area contributed by atoms with Crippen LogP contribution in [0.15, 0.2) is 34.5 Å². The molecule has 1 aromatic carbocycles. The quantitative estimate of drug-likeness (QED) is 0.520. The molecular weight excluding hydrogens is 410 g/mol. The minimum absolute atomic E-state index is 0.0339. The van der Waals surface area contributed by atoms with Gasteiger partial charge >= 0.3 is 0 Å². The second-order valence-electron chi connectivity index (χ2n) is 9.49. The van der Waals surface area contributed by atoms with E-state index in [4.69, 9.17) is 0 Å². The molecule has 0 bridgehead atoms. The molecule has 7 heteroatoms. The minimum atomic E-state index is -0.671. The van der Waals surface area contributed by atoms with Crippen LogP contribution in [0.5, 0.6) is 0 Å². The summed E-state index contributed by atoms with van der Waals surface area (Å²) in [4.78, 5) is 15.4. The number of hydrogen-bond acceptors (Lipinski definition) is 4. The number of amides is 1. The Morgan fingerprint density at radius 1 is 1.28 bits per heavy atom. The summed E-state index contributed by atoms with van der Waals surface area (Å²) in [6.45, 7) is 7.34. The Kier molecular flexibility index (Phi) is 7.43. The van der Waals surface area contributed by atoms with Gasteiger partial charge in [-0.05, 0) is 55.6 Å². The van der Waals surface area contributed by atoms with Gasteiger partial charge in [-0.3, -0.25) is 4.79 Å². The van der Waals surface area contributed by atoms with Gasteiger partial charge in [0, 0.05) is 20.1 Å². The SMILES string of the molecule is CN=N/C(=C\C(C)[C@H]1CC[C@](C(=O)N2CCC(C#N)C2)(C(C)C)C1)c1c(F)cccc1F. The van der Waals surface area contributed by atoms with Crippen molar-refractivity contribution in [1.82, 2.24) is 4.90 Å². The summed E-state index contributed by atoms with van der Waals surface area (Å²) in [6.07, 6.45) is 4.86. The van der Waals surface area contributed by atoms with Crippen LogP contribution in [0, 0.1) is 52.1 Å². The molecule has 4 atom stereocenters. The highest BCUT2D eigenvalue weighted by Crippen LogP contribution is 2.51. The molecule has 0 radical (unpaired) electrons. The normalized spacial score (nSPS) is 27.3. The molecule has 0 aromatic heterocycles. The van der Waals surface area contributed by atoms with Crippen molar-refractivity contribution < 1.29 is 13.6 Å². The minimum Gasteiger partial charge on any atom is -0.341 e. The molecule has 5 nitrogen and oxygen atoms in total. The number of hydrogen-bond donors (Lipinski definition) is 0. The molecule has 1 saturated heterocycles. The van der Waals surface area contributed by atoms with Crippen LogP contribution in [0.4, 0.5) is 8.78 Å². The monoisotopic (exact) mass is 442 g/mol. The number of carbonyl (C=O) groups is 1. The molecule has 0 spiro atoms. The maximum Gasteiger partial charge on any atom is 0.229 e. The van der Waals surface area contributed by atoms with Gasteiger partial charge < -0.3 is 4.90 Å². The fourth-order valence-electron chi connectivity index (χ4n) is 5.30. The summed E-state index contributed by atoms with van der Waals surface area (Å²) in [5.41, 5.74) is -0.457. The lowest BCUT2D eigenvalue weighted by atomic mass is 9.73. The maximum atomic E-state index is 14.4. The van der Waals surface area contributed by atoms with Crippen LogP contribution in [0.2, 0.25) is 0 Å². The second-order valence-corrected chi connectivity index (χ2v) is 9.49. The lowest BCUT2D eigenvalue weighted by Crippen LogP contribution is -2.45. The standard InChI is InChI=1S/C25H32F2N4O/c1-16(2)25(24(32)31-11-9-18(14-28)15-31)10-8-19(13-25)17(3)12-22(30-29-4)23-20(26)6-5-7-21(23)27/h5-7,12,16-19H,8-11,13,15H2,1-4H3/b22-12-,30-29?/t17?,18?,19-,25+/m0/s1. The van der Waals surface area contributed by atoms with Gasteiger partial charge in [-0.1, -0.05) is 32.9 Å². The van der Waals surface area contributed by atoms with Gasteiger partial charge in [0.15, 0.2) is 0 Å². The van der Waals surface area contributed by atoms with E-state index in [0.717, 1.165) is 19.3 Å². The maximum absolute atomic E-state index is 14.4. The largest absolute Gasteiger partial charge is 0.341 e. The highest BCUT2D eigenvalue weighted by atomic mass is 19.1. The number of nitriles is 1. The van der Waals surface area contributed by atoms with Gasteiger partial charge in [0.05, 0.1) is 28.7 Å². The molecule has 32 heavy (non-hydrogen) atoms. The molecule has 3 rings (SSSR count). The number of benzene rings is 1. The molecule has 1 aromatic rings. The molecule has 1 aliphatic heterocycles. The number of carbonyl (C=O) groups excluding carboxylic acids is 1. The van der Waals surface area contributed by atoms with Crippen LogP contribution < -0.4 is 0 Å². The lowest BCUT2D eigenvalue weighted by Gasteiger charge is -2.36. The van der Waals surface area contributed by atoms with E-state index in [9.17, 15) is 18.8 Å². The fourth-order valence-corrected chi connectivity index (χ4v) is 5.30. The van der Waals surface area contributed by atoms with Gasteiger partial charge in [-0.2, -0.15) is 15.5 Å². The zero-order valence-electron chi connectivity index (χ0n) is 19.3. The summed E-state index contributed by atoms with van der Waals surface area (Å²) in [5.74, 6) is -0.959. The van der Waals surface area contributed by atoms with E-state index in [-0.39, 0.29) is 40.8 Å². The van der Waals surface area contributed by atoms with Crippen LogP contribution in [-0.2, 0) is 4.79 Å². The number of azo groups is 1. The zero-order chi connectivity index (χ0) is 23.5. The Balaban J connectivity index is 1.84. The van der Waals surface area contributed by atoms with Crippen molar-refractivity contribution in [2.75, 3.05) is 20.1 Å². The molecule has 1 saturated carbocycles. The molecule has 1 amide bonds. The summed E-state index contributed by atoms with van der Waals surface area (Å²) >= 11 is 0. The third kappa shape index (κ3) is 4.60. The first kappa shape index (κ1) is 24.0. The Hall–Kier alpha value is -2.62. The van der Waals surface area contributed by atoms with Crippen molar-refractivity contribution in [2.24, 2.45) is 39.3 Å². The number of halogens is 2. The topological polar surface area (TPSA) is 68.8 Å². The first-order valence-corrected chi connectivity index (χ1v) is 11.4. The van der Waals surface area contributed by atoms with E-state index in [1.165, 1.54) is 25.2 Å². The summed E-state index contributed by atoms with van der Waals surface area (Å²) in [6, 6.07) is 6.04. The van der Waals surface area contributed by atoms with E-state index in [1.54, 1.807) is 6.08 Å². The van der Waals surface area contributed by atoms with Gasteiger partial charge in [-0.15, -0.1) is 0 Å². The highest BCUT2D eigenvalue weighted by molar-refractivity contribution is 5.83. The molecule has 2 aliphatic rings. The molecule has 1 heterocycles. The molecule has 2 fully saturated rings. The van der Waals surface area contributed by atoms with Crippen molar-refractivity contribution in [3.8, 4) is 6.07 Å². The molecular formula is C25H32F2N4O. The molecule has 2 unspecified atom stereocenters. The van der Waals surface area contributed by atoms with Crippen LogP contribution in [0.1, 0.15) is 52.0 Å². The van der Waals surface area contributed by atoms with Gasteiger partial charge in [0.25, 0.3) is 0 Å². The average molecular weight is 443 g/mol. The predicted octanol–water partition coefficient (Wildman–Crippen LogP) is 5.84. The highest BCUT2D eigenvalue weighted by Gasteiger charge is 2.50. The Bertz CT molecular complexity index is 932. The van der Waals surface area contributed by atoms with Crippen LogP contribution in [0.3, 0.4) is 0 Å². The summed E-state index contributed by atoms with van der Waals surface area (Å²) in [5, 5.41) is 17.0. The number of likely N-dealkylation sites (tertiary alicyclic amines) is 1. The van der Waals surface area contributed by atoms with Crippen LogP contribution >= 0.6 is 0 Å². The second kappa shape index (κ2) is 9.89. The molecule has 172 valence electrons. The van der Waals surface area contributed by atoms with Crippen molar-refractivity contribution in [1.29, 1.82) is 5.26 Å². The zero-order valence-corrected chi connectivity index (χ0v) is 19.3. The fraction of sp³-hybridized carbons (Fsp3) is 0.600. The van der Waals surface area contributed by atoms with Crippen molar-refractivity contribution in [3.05, 3.63) is 41.5 Å². The Morgan fingerprint density at radius 2 is 1.97 bits per heavy atom. The van der Waals surface area contributed by atoms with E-state index in [0.29, 0.717) is 19.5 Å². The van der Waals surface area contributed by atoms with E-state index in [1.807, 2.05) is 11.8 Å². The Morgan fingerprint density at radius 3 is 2.53 bits per heavy atom. The van der Waals surface area contributed by atoms with E-state index < -0.39 is 17.0 Å². The van der Waals surface area contributed by atoms with Crippen molar-refractivity contribution in [3.63, 3.8) is 0 Å². The van der Waals surface area contributed by atoms with Crippen LogP contribution in [-0.4, -0.2) is 30.9 Å². The molecule has 0 N–H and O–H groups in total. The predicted molar refractivity (Wildman–Crippen MR) is 119 cm³/mol. The first-order valence-electron chi connectivity index (χ1n) is 11.4. The van der Waals surface area contributed by atoms with Gasteiger partial charge in [-0.25, -0.2) is 8.78 Å². The van der Waals surface area contributed by atoms with Gasteiger partial charge in [0.1, 0.15) is 11.6 Å². The van der Waals surface area contributed by atoms with E-state index in [2.05, 4.69) is 30.1 Å². The van der Waals surface area contributed by atoms with Gasteiger partial charge in [0.2, 0.25) is 5.91 Å². The number of allylic oxidation sites excluding steroid dienone is 1. The number of rotatable bonds is 6. The van der Waals surface area contributed by atoms with Crippen molar-refractivity contribution in [2.45, 2.75) is 46.5 Å². The third-order valence-corrected chi connectivity index (χ3v) is 7.37. The van der Waals surface area contributed by atoms with Crippen LogP contribution in [0.25, 0.3) is 5.70 Å². The summed E-state index contributed by atoms with van der Waals surface area (Å²) in [7, 11) is 1.47. The van der Waals surface area contributed by atoms with Crippen molar-refractivity contribution >= 4 is 11.6 Å².